The van der Waals surface area contributed by atoms with Crippen molar-refractivity contribution in [3.8, 4) is 5.69 Å². The molecule has 0 saturated carbocycles. The number of fused-ring (bicyclic) bond motifs is 1. The van der Waals surface area contributed by atoms with Gasteiger partial charge in [0.25, 0.3) is 11.5 Å². The third-order valence-corrected chi connectivity index (χ3v) is 5.81. The predicted molar refractivity (Wildman–Crippen MR) is 135 cm³/mol. The summed E-state index contributed by atoms with van der Waals surface area (Å²) < 4.78 is 1.57. The summed E-state index contributed by atoms with van der Waals surface area (Å²) in [5.41, 5.74) is 5.67. The molecule has 0 fully saturated rings. The van der Waals surface area contributed by atoms with Crippen LogP contribution in [0.1, 0.15) is 11.1 Å². The Labute approximate surface area is 195 Å². The molecule has 4 aromatic rings. The van der Waals surface area contributed by atoms with Gasteiger partial charge < -0.3 is 0 Å². The van der Waals surface area contributed by atoms with Gasteiger partial charge in [0.15, 0.2) is 5.16 Å². The summed E-state index contributed by atoms with van der Waals surface area (Å²) >= 11 is 1.20. The van der Waals surface area contributed by atoms with Crippen molar-refractivity contribution in [1.29, 1.82) is 0 Å². The quantitative estimate of drug-likeness (QED) is 0.192. The predicted octanol–water partition coefficient (Wildman–Crippen LogP) is 4.60. The second-order valence-corrected chi connectivity index (χ2v) is 8.15. The maximum atomic E-state index is 13.3. The van der Waals surface area contributed by atoms with Gasteiger partial charge in [0.05, 0.1) is 22.3 Å². The third-order valence-electron chi connectivity index (χ3n) is 4.87. The van der Waals surface area contributed by atoms with Crippen molar-refractivity contribution >= 4 is 40.9 Å². The van der Waals surface area contributed by atoms with Crippen molar-refractivity contribution < 1.29 is 4.79 Å². The van der Waals surface area contributed by atoms with E-state index in [2.05, 4.69) is 15.5 Å². The van der Waals surface area contributed by atoms with Gasteiger partial charge in [0.1, 0.15) is 0 Å². The Balaban J connectivity index is 1.51. The van der Waals surface area contributed by atoms with Gasteiger partial charge in [-0.05, 0) is 42.3 Å². The van der Waals surface area contributed by atoms with E-state index in [0.717, 1.165) is 16.8 Å². The fourth-order valence-corrected chi connectivity index (χ4v) is 4.07. The molecule has 0 aliphatic heterocycles. The zero-order valence-electron chi connectivity index (χ0n) is 18.0. The molecule has 1 N–H and O–H groups in total. The highest BCUT2D eigenvalue weighted by atomic mass is 32.2. The fraction of sp³-hybridized carbons (Fsp3) is 0.0769. The first kappa shape index (κ1) is 22.2. The topological polar surface area (TPSA) is 76.3 Å². The molecule has 3 aromatic carbocycles. The molecule has 0 radical (unpaired) electrons. The number of benzene rings is 3. The molecular weight excluding hydrogens is 432 g/mol. The number of carbonyl (C=O) groups excluding carboxylic acids is 1. The molecule has 33 heavy (non-hydrogen) atoms. The lowest BCUT2D eigenvalue weighted by atomic mass is 10.2. The monoisotopic (exact) mass is 454 g/mol. The van der Waals surface area contributed by atoms with Gasteiger partial charge in [0, 0.05) is 6.21 Å². The van der Waals surface area contributed by atoms with Crippen molar-refractivity contribution in [2.24, 2.45) is 5.10 Å². The smallest absolute Gasteiger partial charge is 0.266 e. The summed E-state index contributed by atoms with van der Waals surface area (Å²) in [6.45, 7) is 1.94. The van der Waals surface area contributed by atoms with Crippen LogP contribution in [0, 0.1) is 6.92 Å². The molecule has 0 saturated heterocycles. The summed E-state index contributed by atoms with van der Waals surface area (Å²) in [5.74, 6) is -0.223. The number of hydrogen-bond donors (Lipinski definition) is 1. The van der Waals surface area contributed by atoms with Crippen LogP contribution in [0.5, 0.6) is 0 Å². The Morgan fingerprint density at radius 2 is 1.76 bits per heavy atom. The van der Waals surface area contributed by atoms with Gasteiger partial charge in [-0.2, -0.15) is 5.10 Å². The first-order chi connectivity index (χ1) is 16.1. The van der Waals surface area contributed by atoms with Gasteiger partial charge in [-0.1, -0.05) is 78.5 Å². The van der Waals surface area contributed by atoms with Crippen LogP contribution < -0.4 is 11.0 Å². The van der Waals surface area contributed by atoms with E-state index in [4.69, 9.17) is 0 Å². The number of rotatable bonds is 7. The molecule has 0 unspecified atom stereocenters. The molecule has 0 aliphatic rings. The lowest BCUT2D eigenvalue weighted by Crippen LogP contribution is -2.24. The summed E-state index contributed by atoms with van der Waals surface area (Å²) in [7, 11) is 0. The summed E-state index contributed by atoms with van der Waals surface area (Å²) in [4.78, 5) is 30.3. The number of carbonyl (C=O) groups is 1. The normalized spacial score (nSPS) is 11.4. The number of hydrogen-bond acceptors (Lipinski definition) is 5. The molecule has 0 atom stereocenters. The van der Waals surface area contributed by atoms with Gasteiger partial charge in [-0.3, -0.25) is 14.2 Å². The molecule has 1 aromatic heterocycles. The number of thioether (sulfide) groups is 1. The highest BCUT2D eigenvalue weighted by molar-refractivity contribution is 7.99. The number of aryl methyl sites for hydroxylation is 1. The zero-order chi connectivity index (χ0) is 23.0. The van der Waals surface area contributed by atoms with Crippen LogP contribution in [0.3, 0.4) is 0 Å². The van der Waals surface area contributed by atoms with E-state index in [0.29, 0.717) is 16.1 Å². The van der Waals surface area contributed by atoms with E-state index in [-0.39, 0.29) is 17.2 Å². The molecule has 1 amide bonds. The Morgan fingerprint density at radius 1 is 1.03 bits per heavy atom. The highest BCUT2D eigenvalue weighted by Gasteiger charge is 2.15. The van der Waals surface area contributed by atoms with Gasteiger partial charge in [0.2, 0.25) is 0 Å². The fourth-order valence-electron chi connectivity index (χ4n) is 3.27. The lowest BCUT2D eigenvalue weighted by Gasteiger charge is -2.14. The zero-order valence-corrected chi connectivity index (χ0v) is 18.8. The van der Waals surface area contributed by atoms with E-state index in [1.54, 1.807) is 22.8 Å². The van der Waals surface area contributed by atoms with Crippen LogP contribution in [-0.2, 0) is 4.79 Å². The average Bonchev–Trinajstić information content (AvgIpc) is 2.84. The molecule has 7 heteroatoms. The maximum absolute atomic E-state index is 13.3. The van der Waals surface area contributed by atoms with Crippen LogP contribution in [0.4, 0.5) is 0 Å². The van der Waals surface area contributed by atoms with Crippen LogP contribution in [0.15, 0.2) is 100.0 Å². The van der Waals surface area contributed by atoms with Crippen molar-refractivity contribution in [3.05, 3.63) is 106 Å². The van der Waals surface area contributed by atoms with Crippen LogP contribution >= 0.6 is 11.8 Å². The minimum Gasteiger partial charge on any atom is -0.272 e. The number of amides is 1. The number of para-hydroxylation sites is 2. The molecule has 6 nitrogen and oxygen atoms in total. The Kier molecular flexibility index (Phi) is 7.12. The summed E-state index contributed by atoms with van der Waals surface area (Å²) in [6.07, 6.45) is 5.17. The number of allylic oxidation sites excluding steroid dienone is 1. The molecular formula is C26H22N4O2S. The first-order valence-corrected chi connectivity index (χ1v) is 11.4. The van der Waals surface area contributed by atoms with Crippen LogP contribution in [0.25, 0.3) is 22.7 Å². The van der Waals surface area contributed by atoms with E-state index < -0.39 is 0 Å². The molecule has 1 heterocycles. The van der Waals surface area contributed by atoms with Crippen molar-refractivity contribution in [2.45, 2.75) is 12.1 Å². The molecule has 0 aliphatic carbocycles. The number of hydrazone groups is 1. The van der Waals surface area contributed by atoms with E-state index in [1.807, 2.05) is 79.7 Å². The van der Waals surface area contributed by atoms with Crippen LogP contribution in [-0.4, -0.2) is 27.4 Å². The minimum absolute atomic E-state index is 0.0659. The average molecular weight is 455 g/mol. The van der Waals surface area contributed by atoms with Gasteiger partial charge >= 0.3 is 0 Å². The van der Waals surface area contributed by atoms with E-state index in [1.165, 1.54) is 18.0 Å². The number of nitrogens with zero attached hydrogens (tertiary/aromatic N) is 3. The Bertz CT molecular complexity index is 1390. The number of nitrogens with one attached hydrogen (secondary N) is 1. The van der Waals surface area contributed by atoms with Crippen molar-refractivity contribution in [1.82, 2.24) is 15.0 Å². The van der Waals surface area contributed by atoms with Gasteiger partial charge in [-0.25, -0.2) is 10.4 Å². The highest BCUT2D eigenvalue weighted by Crippen LogP contribution is 2.22. The number of aromatic nitrogens is 2. The Hall–Kier alpha value is -3.97. The lowest BCUT2D eigenvalue weighted by molar-refractivity contribution is -0.118. The maximum Gasteiger partial charge on any atom is 0.266 e. The minimum atomic E-state index is -0.289. The largest absolute Gasteiger partial charge is 0.272 e. The second kappa shape index (κ2) is 10.6. The molecule has 0 spiro atoms. The SMILES string of the molecule is Cc1ccccc1-n1c(SCC(=O)NN=CC=Cc2ccccc2)nc2ccccc2c1=O. The summed E-state index contributed by atoms with van der Waals surface area (Å²) in [6, 6.07) is 24.6. The van der Waals surface area contributed by atoms with Crippen molar-refractivity contribution in [2.75, 3.05) is 5.75 Å². The van der Waals surface area contributed by atoms with E-state index in [9.17, 15) is 9.59 Å². The molecule has 164 valence electrons. The van der Waals surface area contributed by atoms with Gasteiger partial charge in [-0.15, -0.1) is 0 Å². The standard InChI is InChI=1S/C26H22N4O2S/c1-19-10-5-8-16-23(19)30-25(32)21-14-6-7-15-22(21)28-26(30)33-18-24(31)29-27-17-9-13-20-11-3-2-4-12-20/h2-17H,18H2,1H3,(H,29,31). The van der Waals surface area contributed by atoms with Crippen molar-refractivity contribution in [3.63, 3.8) is 0 Å². The molecule has 4 rings (SSSR count). The second-order valence-electron chi connectivity index (χ2n) is 7.21. The third kappa shape index (κ3) is 5.45. The van der Waals surface area contributed by atoms with E-state index >= 15 is 0 Å². The summed E-state index contributed by atoms with van der Waals surface area (Å²) in [5, 5.41) is 4.93. The Morgan fingerprint density at radius 3 is 2.58 bits per heavy atom. The first-order valence-electron chi connectivity index (χ1n) is 10.4. The molecule has 0 bridgehead atoms. The van der Waals surface area contributed by atoms with Crippen LogP contribution in [0.2, 0.25) is 0 Å².